The number of rotatable bonds is 4. The Morgan fingerprint density at radius 2 is 2.18 bits per heavy atom. The predicted molar refractivity (Wildman–Crippen MR) is 66.4 cm³/mol. The lowest BCUT2D eigenvalue weighted by atomic mass is 10.2. The van der Waals surface area contributed by atoms with E-state index >= 15 is 0 Å². The number of nitrogens with zero attached hydrogens (tertiary/aromatic N) is 3. The van der Waals surface area contributed by atoms with E-state index in [4.69, 9.17) is 0 Å². The Balaban J connectivity index is 1.98. The lowest BCUT2D eigenvalue weighted by Gasteiger charge is -1.92. The van der Waals surface area contributed by atoms with Crippen LogP contribution in [0.2, 0.25) is 0 Å². The Kier molecular flexibility index (Phi) is 3.41. The van der Waals surface area contributed by atoms with Gasteiger partial charge in [0.25, 0.3) is 0 Å². The zero-order chi connectivity index (χ0) is 12.1. The second-order valence-corrected chi connectivity index (χ2v) is 4.05. The third kappa shape index (κ3) is 3.08. The minimum Gasteiger partial charge on any atom is -0.257 e. The molecule has 0 fully saturated rings. The molecule has 1 N–H and O–H groups in total. The molecule has 1 heterocycles. The molecule has 17 heavy (non-hydrogen) atoms. The second-order valence-electron chi connectivity index (χ2n) is 3.04. The third-order valence-corrected chi connectivity index (χ3v) is 2.70. The standard InChI is InChI=1S/C10H8N4O2S/c15-14(16)9-7-11-10(17-9)13-12-6-8-4-2-1-3-5-8/h1-7H,(H,11,13). The van der Waals surface area contributed by atoms with Crippen LogP contribution in [0.1, 0.15) is 5.56 Å². The molecule has 2 aromatic rings. The van der Waals surface area contributed by atoms with Crippen molar-refractivity contribution in [3.8, 4) is 0 Å². The number of hydrogen-bond acceptors (Lipinski definition) is 6. The zero-order valence-corrected chi connectivity index (χ0v) is 9.42. The molecular weight excluding hydrogens is 240 g/mol. The highest BCUT2D eigenvalue weighted by Gasteiger charge is 2.10. The lowest BCUT2D eigenvalue weighted by molar-refractivity contribution is -0.380. The van der Waals surface area contributed by atoms with Crippen molar-refractivity contribution in [1.82, 2.24) is 4.98 Å². The summed E-state index contributed by atoms with van der Waals surface area (Å²) in [6.07, 6.45) is 2.82. The Morgan fingerprint density at radius 1 is 1.41 bits per heavy atom. The molecular formula is C10H8N4O2S. The van der Waals surface area contributed by atoms with E-state index < -0.39 is 4.92 Å². The van der Waals surface area contributed by atoms with Crippen molar-refractivity contribution < 1.29 is 4.92 Å². The molecule has 0 saturated heterocycles. The van der Waals surface area contributed by atoms with E-state index in [-0.39, 0.29) is 5.00 Å². The summed E-state index contributed by atoms with van der Waals surface area (Å²) in [4.78, 5) is 13.8. The maximum atomic E-state index is 10.4. The first-order valence-corrected chi connectivity index (χ1v) is 5.52. The number of anilines is 1. The molecule has 0 saturated carbocycles. The molecule has 0 aliphatic carbocycles. The van der Waals surface area contributed by atoms with Gasteiger partial charge in [-0.25, -0.2) is 4.98 Å². The molecule has 0 spiro atoms. The van der Waals surface area contributed by atoms with Gasteiger partial charge in [-0.3, -0.25) is 15.5 Å². The first-order chi connectivity index (χ1) is 8.25. The zero-order valence-electron chi connectivity index (χ0n) is 8.61. The molecule has 0 unspecified atom stereocenters. The summed E-state index contributed by atoms with van der Waals surface area (Å²) >= 11 is 0.941. The molecule has 0 aliphatic heterocycles. The highest BCUT2D eigenvalue weighted by Crippen LogP contribution is 2.24. The molecule has 0 bridgehead atoms. The number of thiazole rings is 1. The van der Waals surface area contributed by atoms with E-state index in [1.54, 1.807) is 6.21 Å². The average molecular weight is 248 g/mol. The first kappa shape index (κ1) is 11.2. The van der Waals surface area contributed by atoms with Crippen LogP contribution in [-0.4, -0.2) is 16.1 Å². The summed E-state index contributed by atoms with van der Waals surface area (Å²) in [5.74, 6) is 0. The van der Waals surface area contributed by atoms with E-state index in [9.17, 15) is 10.1 Å². The van der Waals surface area contributed by atoms with Crippen LogP contribution in [0.15, 0.2) is 41.6 Å². The molecule has 0 amide bonds. The van der Waals surface area contributed by atoms with Crippen LogP contribution in [0.3, 0.4) is 0 Å². The highest BCUT2D eigenvalue weighted by atomic mass is 32.1. The van der Waals surface area contributed by atoms with E-state index in [1.807, 2.05) is 30.3 Å². The van der Waals surface area contributed by atoms with Gasteiger partial charge in [-0.05, 0) is 16.9 Å². The fourth-order valence-electron chi connectivity index (χ4n) is 1.10. The van der Waals surface area contributed by atoms with Crippen molar-refractivity contribution in [1.29, 1.82) is 0 Å². The quantitative estimate of drug-likeness (QED) is 0.512. The molecule has 0 radical (unpaired) electrons. The van der Waals surface area contributed by atoms with Gasteiger partial charge in [0.05, 0.1) is 11.1 Å². The summed E-state index contributed by atoms with van der Waals surface area (Å²) in [7, 11) is 0. The smallest absolute Gasteiger partial charge is 0.257 e. The number of hydrogen-bond donors (Lipinski definition) is 1. The summed E-state index contributed by atoms with van der Waals surface area (Å²) in [5, 5.41) is 14.7. The van der Waals surface area contributed by atoms with Crippen molar-refractivity contribution in [2.45, 2.75) is 0 Å². The van der Waals surface area contributed by atoms with Gasteiger partial charge in [0.2, 0.25) is 5.13 Å². The monoisotopic (exact) mass is 248 g/mol. The predicted octanol–water partition coefficient (Wildman–Crippen LogP) is 2.50. The van der Waals surface area contributed by atoms with E-state index in [0.717, 1.165) is 16.9 Å². The molecule has 1 aromatic carbocycles. The Bertz CT molecular complexity index is 538. The second kappa shape index (κ2) is 5.17. The maximum Gasteiger partial charge on any atom is 0.345 e. The van der Waals surface area contributed by atoms with Gasteiger partial charge in [-0.1, -0.05) is 30.3 Å². The van der Waals surface area contributed by atoms with Crippen molar-refractivity contribution in [3.63, 3.8) is 0 Å². The molecule has 6 nitrogen and oxygen atoms in total. The van der Waals surface area contributed by atoms with Gasteiger partial charge in [0, 0.05) is 0 Å². The van der Waals surface area contributed by atoms with Crippen molar-refractivity contribution in [3.05, 3.63) is 52.2 Å². The molecule has 0 atom stereocenters. The van der Waals surface area contributed by atoms with Crippen molar-refractivity contribution in [2.24, 2.45) is 5.10 Å². The number of aromatic nitrogens is 1. The average Bonchev–Trinajstić information content (AvgIpc) is 2.79. The highest BCUT2D eigenvalue weighted by molar-refractivity contribution is 7.18. The minimum atomic E-state index is -0.482. The molecule has 7 heteroatoms. The van der Waals surface area contributed by atoms with Crippen LogP contribution in [0.25, 0.3) is 0 Å². The fourth-order valence-corrected chi connectivity index (χ4v) is 1.68. The van der Waals surface area contributed by atoms with Gasteiger partial charge in [-0.2, -0.15) is 5.10 Å². The van der Waals surface area contributed by atoms with Crippen LogP contribution in [0.5, 0.6) is 0 Å². The summed E-state index contributed by atoms with van der Waals surface area (Å²) in [6.45, 7) is 0. The van der Waals surface area contributed by atoms with Gasteiger partial charge in [0.15, 0.2) is 0 Å². The number of benzene rings is 1. The van der Waals surface area contributed by atoms with E-state index in [2.05, 4.69) is 15.5 Å². The van der Waals surface area contributed by atoms with Crippen LogP contribution in [0, 0.1) is 10.1 Å². The van der Waals surface area contributed by atoms with Gasteiger partial charge in [-0.15, -0.1) is 0 Å². The number of nitro groups is 1. The van der Waals surface area contributed by atoms with Crippen molar-refractivity contribution >= 4 is 27.7 Å². The van der Waals surface area contributed by atoms with Crippen LogP contribution in [-0.2, 0) is 0 Å². The number of hydrazone groups is 1. The van der Waals surface area contributed by atoms with E-state index in [0.29, 0.717) is 5.13 Å². The summed E-state index contributed by atoms with van der Waals surface area (Å²) in [5.41, 5.74) is 3.58. The van der Waals surface area contributed by atoms with Crippen LogP contribution < -0.4 is 5.43 Å². The largest absolute Gasteiger partial charge is 0.345 e. The van der Waals surface area contributed by atoms with Gasteiger partial charge >= 0.3 is 5.00 Å². The summed E-state index contributed by atoms with van der Waals surface area (Å²) < 4.78 is 0. The Hall–Kier alpha value is -2.28. The molecule has 0 aliphatic rings. The van der Waals surface area contributed by atoms with Gasteiger partial charge < -0.3 is 0 Å². The Morgan fingerprint density at radius 3 is 2.82 bits per heavy atom. The topological polar surface area (TPSA) is 80.4 Å². The third-order valence-electron chi connectivity index (χ3n) is 1.85. The first-order valence-electron chi connectivity index (χ1n) is 4.70. The molecule has 86 valence electrons. The normalized spacial score (nSPS) is 10.6. The minimum absolute atomic E-state index is 0.0117. The van der Waals surface area contributed by atoms with Crippen LogP contribution >= 0.6 is 11.3 Å². The van der Waals surface area contributed by atoms with Gasteiger partial charge in [0.1, 0.15) is 6.20 Å². The SMILES string of the molecule is O=[N+]([O-])c1cnc(NN=Cc2ccccc2)s1. The maximum absolute atomic E-state index is 10.4. The Labute approximate surface area is 101 Å². The van der Waals surface area contributed by atoms with E-state index in [1.165, 1.54) is 6.20 Å². The lowest BCUT2D eigenvalue weighted by Crippen LogP contribution is -1.88. The van der Waals surface area contributed by atoms with Crippen molar-refractivity contribution in [2.75, 3.05) is 5.43 Å². The number of nitrogens with one attached hydrogen (secondary N) is 1. The fraction of sp³-hybridized carbons (Fsp3) is 0. The van der Waals surface area contributed by atoms with Crippen LogP contribution in [0.4, 0.5) is 10.1 Å². The molecule has 2 rings (SSSR count). The summed E-state index contributed by atoms with van der Waals surface area (Å²) in [6, 6.07) is 9.51. The molecule has 1 aromatic heterocycles.